The van der Waals surface area contributed by atoms with Gasteiger partial charge in [-0.1, -0.05) is 0 Å². The van der Waals surface area contributed by atoms with Crippen molar-refractivity contribution in [1.82, 2.24) is 0 Å². The smallest absolute Gasteiger partial charge is 0.344 e. The zero-order valence-electron chi connectivity index (χ0n) is 12.6. The molecule has 0 spiro atoms. The van der Waals surface area contributed by atoms with Crippen molar-refractivity contribution in [2.45, 2.75) is 0 Å². The van der Waals surface area contributed by atoms with Crippen LogP contribution in [0.5, 0.6) is 11.5 Å². The van der Waals surface area contributed by atoms with Gasteiger partial charge < -0.3 is 18.6 Å². The average Bonchev–Trinajstić information content (AvgIpc) is 2.59. The van der Waals surface area contributed by atoms with E-state index < -0.39 is 11.6 Å². The summed E-state index contributed by atoms with van der Waals surface area (Å²) < 4.78 is 20.3. The number of benzene rings is 2. The van der Waals surface area contributed by atoms with Crippen molar-refractivity contribution in [3.05, 3.63) is 46.8 Å². The van der Waals surface area contributed by atoms with Gasteiger partial charge in [-0.15, -0.1) is 0 Å². The van der Waals surface area contributed by atoms with Gasteiger partial charge in [0.05, 0.1) is 19.6 Å². The summed E-state index contributed by atoms with van der Waals surface area (Å²) in [5.74, 6) is 0.512. The predicted molar refractivity (Wildman–Crippen MR) is 84.1 cm³/mol. The molecule has 23 heavy (non-hydrogen) atoms. The SMILES string of the molecule is COC(=O)COc1ccc2c(c1)oc(=O)c1cc(OC)ccc12. The third kappa shape index (κ3) is 2.83. The molecule has 0 amide bonds. The summed E-state index contributed by atoms with van der Waals surface area (Å²) in [6.07, 6.45) is 0. The van der Waals surface area contributed by atoms with Gasteiger partial charge in [-0.25, -0.2) is 9.59 Å². The molecule has 118 valence electrons. The van der Waals surface area contributed by atoms with Crippen molar-refractivity contribution in [3.63, 3.8) is 0 Å². The van der Waals surface area contributed by atoms with E-state index in [0.717, 1.165) is 10.8 Å². The van der Waals surface area contributed by atoms with Crippen LogP contribution in [-0.2, 0) is 9.53 Å². The molecular formula is C17H14O6. The van der Waals surface area contributed by atoms with E-state index in [1.807, 2.05) is 6.07 Å². The molecule has 0 saturated heterocycles. The summed E-state index contributed by atoms with van der Waals surface area (Å²) in [6.45, 7) is -0.211. The van der Waals surface area contributed by atoms with Crippen molar-refractivity contribution in [2.24, 2.45) is 0 Å². The first-order chi connectivity index (χ1) is 11.1. The van der Waals surface area contributed by atoms with Crippen LogP contribution in [0.3, 0.4) is 0 Å². The van der Waals surface area contributed by atoms with E-state index in [-0.39, 0.29) is 6.61 Å². The lowest BCUT2D eigenvalue weighted by Crippen LogP contribution is -2.12. The Morgan fingerprint density at radius 1 is 1.00 bits per heavy atom. The average molecular weight is 314 g/mol. The molecule has 0 saturated carbocycles. The molecule has 1 heterocycles. The molecule has 0 unspecified atom stereocenters. The molecule has 6 heteroatoms. The predicted octanol–water partition coefficient (Wildman–Crippen LogP) is 2.51. The van der Waals surface area contributed by atoms with E-state index in [4.69, 9.17) is 13.9 Å². The molecule has 0 bridgehead atoms. The lowest BCUT2D eigenvalue weighted by molar-refractivity contribution is -0.142. The first kappa shape index (κ1) is 14.9. The molecule has 2 aromatic carbocycles. The molecule has 0 aliphatic heterocycles. The van der Waals surface area contributed by atoms with Gasteiger partial charge in [0.25, 0.3) is 0 Å². The van der Waals surface area contributed by atoms with Crippen LogP contribution in [0.25, 0.3) is 21.7 Å². The van der Waals surface area contributed by atoms with E-state index >= 15 is 0 Å². The summed E-state index contributed by atoms with van der Waals surface area (Å²) >= 11 is 0. The van der Waals surface area contributed by atoms with Crippen LogP contribution in [0.15, 0.2) is 45.6 Å². The summed E-state index contributed by atoms with van der Waals surface area (Å²) in [5.41, 5.74) is -0.0773. The third-order valence-electron chi connectivity index (χ3n) is 3.48. The van der Waals surface area contributed by atoms with Crippen LogP contribution in [0, 0.1) is 0 Å². The third-order valence-corrected chi connectivity index (χ3v) is 3.48. The molecule has 0 radical (unpaired) electrons. The lowest BCUT2D eigenvalue weighted by Gasteiger charge is -2.07. The highest BCUT2D eigenvalue weighted by atomic mass is 16.6. The minimum Gasteiger partial charge on any atom is -0.497 e. The summed E-state index contributed by atoms with van der Waals surface area (Å²) in [4.78, 5) is 23.3. The number of carbonyl (C=O) groups is 1. The summed E-state index contributed by atoms with van der Waals surface area (Å²) in [5, 5.41) is 1.98. The molecule has 0 aliphatic rings. The fraction of sp³-hybridized carbons (Fsp3) is 0.176. The topological polar surface area (TPSA) is 75.0 Å². The zero-order valence-corrected chi connectivity index (χ0v) is 12.6. The van der Waals surface area contributed by atoms with Crippen molar-refractivity contribution in [2.75, 3.05) is 20.8 Å². The Balaban J connectivity index is 2.09. The van der Waals surface area contributed by atoms with Crippen LogP contribution in [-0.4, -0.2) is 26.8 Å². The highest BCUT2D eigenvalue weighted by Gasteiger charge is 2.10. The standard InChI is InChI=1S/C17H14O6/c1-20-10-3-5-12-13-6-4-11(22-9-16(18)21-2)8-15(13)23-17(19)14(12)7-10/h3-8H,9H2,1-2H3. The molecular weight excluding hydrogens is 300 g/mol. The van der Waals surface area contributed by atoms with Crippen molar-refractivity contribution in [3.8, 4) is 11.5 Å². The Hall–Kier alpha value is -3.02. The van der Waals surface area contributed by atoms with Gasteiger partial charge in [0.15, 0.2) is 6.61 Å². The minimum atomic E-state index is -0.489. The molecule has 0 N–H and O–H groups in total. The monoisotopic (exact) mass is 314 g/mol. The van der Waals surface area contributed by atoms with E-state index in [9.17, 15) is 9.59 Å². The van der Waals surface area contributed by atoms with Crippen LogP contribution < -0.4 is 15.1 Å². The molecule has 0 atom stereocenters. The second kappa shape index (κ2) is 6.00. The van der Waals surface area contributed by atoms with Crippen molar-refractivity contribution < 1.29 is 23.4 Å². The summed E-state index contributed by atoms with van der Waals surface area (Å²) in [7, 11) is 2.82. The molecule has 1 aromatic heterocycles. The molecule has 3 rings (SSSR count). The van der Waals surface area contributed by atoms with Gasteiger partial charge in [-0.05, 0) is 30.3 Å². The maximum atomic E-state index is 12.1. The number of esters is 1. The van der Waals surface area contributed by atoms with Gasteiger partial charge in [0, 0.05) is 16.8 Å². The number of rotatable bonds is 4. The number of fused-ring (bicyclic) bond motifs is 3. The van der Waals surface area contributed by atoms with Gasteiger partial charge in [0.1, 0.15) is 17.1 Å². The molecule has 0 aliphatic carbocycles. The Morgan fingerprint density at radius 2 is 1.74 bits per heavy atom. The number of methoxy groups -OCH3 is 2. The quantitative estimate of drug-likeness (QED) is 0.418. The zero-order chi connectivity index (χ0) is 16.4. The van der Waals surface area contributed by atoms with Gasteiger partial charge in [0.2, 0.25) is 0 Å². The van der Waals surface area contributed by atoms with E-state index in [1.54, 1.807) is 30.3 Å². The Labute approximate surface area is 131 Å². The number of hydrogen-bond acceptors (Lipinski definition) is 6. The Bertz CT molecular complexity index is 941. The fourth-order valence-corrected chi connectivity index (χ4v) is 2.31. The van der Waals surface area contributed by atoms with Crippen LogP contribution in [0.2, 0.25) is 0 Å². The number of carbonyl (C=O) groups excluding carboxylic acids is 1. The maximum Gasteiger partial charge on any atom is 0.344 e. The fourth-order valence-electron chi connectivity index (χ4n) is 2.31. The van der Waals surface area contributed by atoms with Crippen molar-refractivity contribution in [1.29, 1.82) is 0 Å². The van der Waals surface area contributed by atoms with Crippen LogP contribution in [0.4, 0.5) is 0 Å². The van der Waals surface area contributed by atoms with Gasteiger partial charge >= 0.3 is 11.6 Å². The maximum absolute atomic E-state index is 12.1. The van der Waals surface area contributed by atoms with Crippen LogP contribution >= 0.6 is 0 Å². The minimum absolute atomic E-state index is 0.211. The molecule has 0 fully saturated rings. The van der Waals surface area contributed by atoms with Crippen LogP contribution in [0.1, 0.15) is 0 Å². The second-order valence-electron chi connectivity index (χ2n) is 4.82. The molecule has 3 aromatic rings. The first-order valence-electron chi connectivity index (χ1n) is 6.86. The number of hydrogen-bond donors (Lipinski definition) is 0. The summed E-state index contributed by atoms with van der Waals surface area (Å²) in [6, 6.07) is 10.3. The first-order valence-corrected chi connectivity index (χ1v) is 6.86. The molecule has 6 nitrogen and oxygen atoms in total. The Morgan fingerprint density at radius 3 is 2.48 bits per heavy atom. The highest BCUT2D eigenvalue weighted by molar-refractivity contribution is 6.04. The van der Waals surface area contributed by atoms with Gasteiger partial charge in [-0.2, -0.15) is 0 Å². The largest absolute Gasteiger partial charge is 0.497 e. The Kier molecular flexibility index (Phi) is 3.89. The second-order valence-corrected chi connectivity index (χ2v) is 4.82. The van der Waals surface area contributed by atoms with Crippen molar-refractivity contribution >= 4 is 27.7 Å². The lowest BCUT2D eigenvalue weighted by atomic mass is 10.1. The number of ether oxygens (including phenoxy) is 3. The van der Waals surface area contributed by atoms with E-state index in [1.165, 1.54) is 14.2 Å². The van der Waals surface area contributed by atoms with E-state index in [0.29, 0.717) is 22.5 Å². The normalized spacial score (nSPS) is 10.7. The highest BCUT2D eigenvalue weighted by Crippen LogP contribution is 2.28. The van der Waals surface area contributed by atoms with E-state index in [2.05, 4.69) is 4.74 Å². The van der Waals surface area contributed by atoms with Gasteiger partial charge in [-0.3, -0.25) is 0 Å².